The van der Waals surface area contributed by atoms with E-state index >= 15 is 0 Å². The van der Waals surface area contributed by atoms with Crippen LogP contribution in [0.1, 0.15) is 56.3 Å². The average Bonchev–Trinajstić information content (AvgIpc) is 3.11. The van der Waals surface area contributed by atoms with Crippen molar-refractivity contribution in [3.05, 3.63) is 59.7 Å². The van der Waals surface area contributed by atoms with Crippen LogP contribution in [0.5, 0.6) is 0 Å². The second kappa shape index (κ2) is 7.99. The van der Waals surface area contributed by atoms with Crippen molar-refractivity contribution in [2.24, 2.45) is 28.6 Å². The molecule has 34 heavy (non-hydrogen) atoms. The van der Waals surface area contributed by atoms with Crippen molar-refractivity contribution < 1.29 is 29.3 Å². The molecule has 6 nitrogen and oxygen atoms in total. The van der Waals surface area contributed by atoms with Crippen LogP contribution in [0.15, 0.2) is 54.1 Å². The van der Waals surface area contributed by atoms with Crippen LogP contribution in [0.25, 0.3) is 0 Å². The van der Waals surface area contributed by atoms with Gasteiger partial charge in [0.2, 0.25) is 5.78 Å². The molecule has 1 aromatic carbocycles. The first kappa shape index (κ1) is 23.2. The number of hydrogen-bond donors (Lipinski definition) is 2. The zero-order valence-electron chi connectivity index (χ0n) is 19.7. The number of rotatable bonds is 4. The van der Waals surface area contributed by atoms with Gasteiger partial charge in [0.05, 0.1) is 11.7 Å². The molecule has 3 saturated carbocycles. The third kappa shape index (κ3) is 3.11. The molecule has 4 aliphatic rings. The molecular formula is C28H32O6. The van der Waals surface area contributed by atoms with E-state index in [-0.39, 0.29) is 30.0 Å². The summed E-state index contributed by atoms with van der Waals surface area (Å²) in [5.41, 5.74) is -1.28. The molecule has 0 heterocycles. The van der Waals surface area contributed by atoms with Crippen LogP contribution >= 0.6 is 0 Å². The van der Waals surface area contributed by atoms with Gasteiger partial charge in [-0.05, 0) is 68.2 Å². The average molecular weight is 465 g/mol. The molecule has 0 radical (unpaired) electrons. The van der Waals surface area contributed by atoms with Crippen LogP contribution in [-0.2, 0) is 14.3 Å². The van der Waals surface area contributed by atoms with Gasteiger partial charge in [0.15, 0.2) is 11.4 Å². The summed E-state index contributed by atoms with van der Waals surface area (Å²) in [6.45, 7) is 3.33. The zero-order chi connectivity index (χ0) is 24.3. The Morgan fingerprint density at radius 3 is 2.59 bits per heavy atom. The first-order chi connectivity index (χ1) is 16.2. The lowest BCUT2D eigenvalue weighted by atomic mass is 9.46. The standard InChI is InChI=1S/C28H32O6/c1-26-12-10-19(30)14-18(26)8-9-20-21-11-13-28(23(32)16-29,27(21,2)15-22(31)24(20)26)34-25(33)17-6-4-3-5-7-17/h3-7,10,12,14,20-22,24,29,31H,8-9,11,13,15-16H2,1-2H3/t20-,21-,22?,24+,26-,27-,28-/m0/s1. The van der Waals surface area contributed by atoms with Crippen molar-refractivity contribution in [1.29, 1.82) is 0 Å². The van der Waals surface area contributed by atoms with E-state index in [0.717, 1.165) is 18.4 Å². The highest BCUT2D eigenvalue weighted by atomic mass is 16.6. The smallest absolute Gasteiger partial charge is 0.339 e. The van der Waals surface area contributed by atoms with Gasteiger partial charge < -0.3 is 14.9 Å². The molecule has 0 bridgehead atoms. The Bertz CT molecular complexity index is 1090. The fraction of sp³-hybridized carbons (Fsp3) is 0.536. The molecular weight excluding hydrogens is 432 g/mol. The zero-order valence-corrected chi connectivity index (χ0v) is 19.7. The number of ketones is 2. The molecule has 2 N–H and O–H groups in total. The topological polar surface area (TPSA) is 101 Å². The van der Waals surface area contributed by atoms with Gasteiger partial charge in [-0.1, -0.05) is 43.7 Å². The molecule has 5 rings (SSSR count). The Balaban J connectivity index is 1.53. The minimum absolute atomic E-state index is 0.0117. The summed E-state index contributed by atoms with van der Waals surface area (Å²) in [5.74, 6) is -1.03. The fourth-order valence-corrected chi connectivity index (χ4v) is 7.92. The van der Waals surface area contributed by atoms with Gasteiger partial charge in [-0.2, -0.15) is 0 Å². The maximum atomic E-state index is 13.3. The Morgan fingerprint density at radius 1 is 1.15 bits per heavy atom. The third-order valence-electron chi connectivity index (χ3n) is 9.49. The van der Waals surface area contributed by atoms with E-state index in [1.165, 1.54) is 0 Å². The summed E-state index contributed by atoms with van der Waals surface area (Å²) < 4.78 is 6.05. The van der Waals surface area contributed by atoms with Gasteiger partial charge in [-0.25, -0.2) is 4.79 Å². The highest BCUT2D eigenvalue weighted by Gasteiger charge is 2.70. The minimum atomic E-state index is -1.49. The molecule has 1 unspecified atom stereocenters. The number of aliphatic hydroxyl groups excluding tert-OH is 2. The Labute approximate surface area is 199 Å². The van der Waals surface area contributed by atoms with Gasteiger partial charge in [-0.3, -0.25) is 9.59 Å². The van der Waals surface area contributed by atoms with Crippen LogP contribution in [0, 0.1) is 28.6 Å². The van der Waals surface area contributed by atoms with Gasteiger partial charge in [0, 0.05) is 16.7 Å². The number of Topliss-reactive ketones (excluding diaryl/α,β-unsaturated/α-hetero) is 1. The molecule has 6 heteroatoms. The van der Waals surface area contributed by atoms with Gasteiger partial charge in [0.1, 0.15) is 6.61 Å². The Kier molecular flexibility index (Phi) is 5.45. The molecule has 0 saturated heterocycles. The summed E-state index contributed by atoms with van der Waals surface area (Å²) in [7, 11) is 0. The number of ether oxygens (including phenoxy) is 1. The van der Waals surface area contributed by atoms with E-state index in [1.807, 2.05) is 13.0 Å². The largest absolute Gasteiger partial charge is 0.447 e. The molecule has 0 aliphatic heterocycles. The number of hydrogen-bond acceptors (Lipinski definition) is 6. The lowest BCUT2D eigenvalue weighted by Crippen LogP contribution is -2.63. The summed E-state index contributed by atoms with van der Waals surface area (Å²) >= 11 is 0. The summed E-state index contributed by atoms with van der Waals surface area (Å²) in [6.07, 6.45) is 7.39. The maximum Gasteiger partial charge on any atom is 0.339 e. The number of carbonyl (C=O) groups is 3. The number of esters is 1. The normalized spacial score (nSPS) is 40.6. The molecule has 3 fully saturated rings. The summed E-state index contributed by atoms with van der Waals surface area (Å²) in [6, 6.07) is 8.57. The van der Waals surface area contributed by atoms with Crippen LogP contribution in [-0.4, -0.2) is 46.1 Å². The molecule has 0 spiro atoms. The van der Waals surface area contributed by atoms with Crippen molar-refractivity contribution in [3.8, 4) is 0 Å². The molecule has 180 valence electrons. The van der Waals surface area contributed by atoms with Crippen LogP contribution in [0.4, 0.5) is 0 Å². The number of benzene rings is 1. The number of aliphatic hydroxyl groups is 2. The van der Waals surface area contributed by atoms with Crippen molar-refractivity contribution in [2.45, 2.75) is 57.7 Å². The number of carbonyl (C=O) groups excluding carboxylic acids is 3. The second-order valence-corrected chi connectivity index (χ2v) is 10.9. The van der Waals surface area contributed by atoms with Crippen molar-refractivity contribution >= 4 is 17.5 Å². The van der Waals surface area contributed by atoms with E-state index in [1.54, 1.807) is 42.5 Å². The van der Waals surface area contributed by atoms with Gasteiger partial charge in [0.25, 0.3) is 0 Å². The predicted octanol–water partition coefficient (Wildman–Crippen LogP) is 3.42. The predicted molar refractivity (Wildman–Crippen MR) is 125 cm³/mol. The maximum absolute atomic E-state index is 13.3. The van der Waals surface area contributed by atoms with Crippen molar-refractivity contribution in [3.63, 3.8) is 0 Å². The fourth-order valence-electron chi connectivity index (χ4n) is 7.92. The quantitative estimate of drug-likeness (QED) is 0.662. The van der Waals surface area contributed by atoms with Gasteiger partial charge >= 0.3 is 5.97 Å². The molecule has 1 aromatic rings. The van der Waals surface area contributed by atoms with E-state index < -0.39 is 40.9 Å². The minimum Gasteiger partial charge on any atom is -0.447 e. The molecule has 0 amide bonds. The molecule has 4 aliphatic carbocycles. The molecule has 0 aromatic heterocycles. The lowest BCUT2D eigenvalue weighted by molar-refractivity contribution is -0.179. The van der Waals surface area contributed by atoms with E-state index in [9.17, 15) is 24.6 Å². The lowest BCUT2D eigenvalue weighted by Gasteiger charge is -2.59. The third-order valence-corrected chi connectivity index (χ3v) is 9.49. The highest BCUT2D eigenvalue weighted by Crippen LogP contribution is 2.67. The monoisotopic (exact) mass is 464 g/mol. The number of allylic oxidation sites excluding steroid dienone is 4. The van der Waals surface area contributed by atoms with Crippen molar-refractivity contribution in [1.82, 2.24) is 0 Å². The van der Waals surface area contributed by atoms with Crippen molar-refractivity contribution in [2.75, 3.05) is 6.61 Å². The van der Waals surface area contributed by atoms with Crippen LogP contribution in [0.2, 0.25) is 0 Å². The van der Waals surface area contributed by atoms with E-state index in [0.29, 0.717) is 18.4 Å². The highest BCUT2D eigenvalue weighted by molar-refractivity contribution is 6.01. The van der Waals surface area contributed by atoms with Crippen LogP contribution in [0.3, 0.4) is 0 Å². The SMILES string of the molecule is C[C@]12C=CC(=O)C=C1CC[C@@H]1[C@@H]2C(O)C[C@@]2(C)[C@H]1CC[C@]2(OC(=O)c1ccccc1)C(=O)CO. The Morgan fingerprint density at radius 2 is 1.88 bits per heavy atom. The number of fused-ring (bicyclic) bond motifs is 5. The summed E-state index contributed by atoms with van der Waals surface area (Å²) in [4.78, 5) is 38.4. The molecule has 7 atom stereocenters. The van der Waals surface area contributed by atoms with Gasteiger partial charge in [-0.15, -0.1) is 0 Å². The second-order valence-electron chi connectivity index (χ2n) is 10.9. The summed E-state index contributed by atoms with van der Waals surface area (Å²) in [5, 5.41) is 21.5. The Hall–Kier alpha value is -2.57. The first-order valence-corrected chi connectivity index (χ1v) is 12.2. The van der Waals surface area contributed by atoms with E-state index in [2.05, 4.69) is 6.92 Å². The first-order valence-electron chi connectivity index (χ1n) is 12.2. The van der Waals surface area contributed by atoms with E-state index in [4.69, 9.17) is 4.74 Å². The van der Waals surface area contributed by atoms with Crippen LogP contribution < -0.4 is 0 Å².